The fourth-order valence-electron chi connectivity index (χ4n) is 2.31. The molecule has 0 bridgehead atoms. The fourth-order valence-corrected chi connectivity index (χ4v) is 3.39. The molecule has 0 aliphatic carbocycles. The van der Waals surface area contributed by atoms with Crippen molar-refractivity contribution in [2.45, 2.75) is 43.9 Å². The molecule has 22 heavy (non-hydrogen) atoms. The van der Waals surface area contributed by atoms with E-state index in [4.69, 9.17) is 0 Å². The Balaban J connectivity index is 1.96. The molecule has 0 spiro atoms. The number of hydrogen-bond donors (Lipinski definition) is 1. The zero-order valence-electron chi connectivity index (χ0n) is 13.0. The van der Waals surface area contributed by atoms with E-state index in [9.17, 15) is 8.42 Å². The van der Waals surface area contributed by atoms with Crippen LogP contribution in [-0.2, 0) is 16.4 Å². The van der Waals surface area contributed by atoms with Crippen molar-refractivity contribution < 1.29 is 8.42 Å². The number of unbranched alkanes of at least 4 members (excludes halogenated alkanes) is 3. The van der Waals surface area contributed by atoms with Crippen molar-refractivity contribution in [1.82, 2.24) is 0 Å². The van der Waals surface area contributed by atoms with Gasteiger partial charge in [0.25, 0.3) is 10.0 Å². The van der Waals surface area contributed by atoms with Gasteiger partial charge in [-0.25, -0.2) is 8.42 Å². The number of aryl methyl sites for hydroxylation is 1. The van der Waals surface area contributed by atoms with Crippen molar-refractivity contribution in [1.29, 1.82) is 0 Å². The summed E-state index contributed by atoms with van der Waals surface area (Å²) in [5.41, 5.74) is 1.85. The van der Waals surface area contributed by atoms with Crippen molar-refractivity contribution in [3.63, 3.8) is 0 Å². The van der Waals surface area contributed by atoms with Crippen LogP contribution in [0.3, 0.4) is 0 Å². The maximum absolute atomic E-state index is 12.2. The molecule has 118 valence electrons. The predicted molar refractivity (Wildman–Crippen MR) is 91.5 cm³/mol. The number of benzene rings is 2. The van der Waals surface area contributed by atoms with Crippen LogP contribution < -0.4 is 4.72 Å². The first-order valence-electron chi connectivity index (χ1n) is 7.78. The molecule has 0 aliphatic rings. The van der Waals surface area contributed by atoms with E-state index in [2.05, 4.69) is 11.6 Å². The lowest BCUT2D eigenvalue weighted by molar-refractivity contribution is 0.601. The summed E-state index contributed by atoms with van der Waals surface area (Å²) in [4.78, 5) is 0.277. The number of nitrogens with one attached hydrogen (secondary N) is 1. The molecule has 0 amide bonds. The second kappa shape index (κ2) is 7.99. The van der Waals surface area contributed by atoms with E-state index in [0.29, 0.717) is 5.69 Å². The lowest BCUT2D eigenvalue weighted by Gasteiger charge is -2.09. The SMILES string of the molecule is CCCCCCc1ccc(NS(=O)(=O)c2ccccc2)cc1. The van der Waals surface area contributed by atoms with E-state index >= 15 is 0 Å². The highest BCUT2D eigenvalue weighted by Crippen LogP contribution is 2.17. The molecular formula is C18H23NO2S. The van der Waals surface area contributed by atoms with Crippen molar-refractivity contribution in [2.75, 3.05) is 4.72 Å². The largest absolute Gasteiger partial charge is 0.280 e. The first kappa shape index (κ1) is 16.6. The van der Waals surface area contributed by atoms with E-state index in [0.717, 1.165) is 6.42 Å². The molecule has 1 N–H and O–H groups in total. The summed E-state index contributed by atoms with van der Waals surface area (Å²) in [5, 5.41) is 0. The van der Waals surface area contributed by atoms with Gasteiger partial charge in [0.1, 0.15) is 0 Å². The molecule has 0 aliphatic heterocycles. The van der Waals surface area contributed by atoms with Gasteiger partial charge in [-0.15, -0.1) is 0 Å². The van der Waals surface area contributed by atoms with Crippen LogP contribution in [0.5, 0.6) is 0 Å². The van der Waals surface area contributed by atoms with Gasteiger partial charge in [-0.05, 0) is 42.7 Å². The summed E-state index contributed by atoms with van der Waals surface area (Å²) < 4.78 is 27.0. The number of sulfonamides is 1. The average Bonchev–Trinajstić information content (AvgIpc) is 2.54. The van der Waals surface area contributed by atoms with Gasteiger partial charge in [0.2, 0.25) is 0 Å². The number of rotatable bonds is 8. The molecule has 0 saturated heterocycles. The third-order valence-electron chi connectivity index (χ3n) is 3.58. The van der Waals surface area contributed by atoms with Gasteiger partial charge in [0, 0.05) is 5.69 Å². The van der Waals surface area contributed by atoms with Crippen molar-refractivity contribution in [3.05, 3.63) is 60.2 Å². The highest BCUT2D eigenvalue weighted by Gasteiger charge is 2.12. The monoisotopic (exact) mass is 317 g/mol. The summed E-state index contributed by atoms with van der Waals surface area (Å²) in [6, 6.07) is 16.1. The number of anilines is 1. The Morgan fingerprint density at radius 2 is 1.55 bits per heavy atom. The summed E-state index contributed by atoms with van der Waals surface area (Å²) in [5.74, 6) is 0. The third-order valence-corrected chi connectivity index (χ3v) is 4.98. The lowest BCUT2D eigenvalue weighted by Crippen LogP contribution is -2.12. The van der Waals surface area contributed by atoms with Crippen molar-refractivity contribution in [2.24, 2.45) is 0 Å². The van der Waals surface area contributed by atoms with Crippen molar-refractivity contribution in [3.8, 4) is 0 Å². The first-order chi connectivity index (χ1) is 10.6. The van der Waals surface area contributed by atoms with Crippen LogP contribution in [0.1, 0.15) is 38.2 Å². The Bertz CT molecular complexity index is 664. The normalized spacial score (nSPS) is 11.3. The zero-order valence-corrected chi connectivity index (χ0v) is 13.8. The fraction of sp³-hybridized carbons (Fsp3) is 0.333. The second-order valence-corrected chi connectivity index (χ2v) is 7.11. The van der Waals surface area contributed by atoms with Gasteiger partial charge < -0.3 is 0 Å². The Morgan fingerprint density at radius 3 is 2.18 bits per heavy atom. The first-order valence-corrected chi connectivity index (χ1v) is 9.27. The maximum atomic E-state index is 12.2. The quantitative estimate of drug-likeness (QED) is 0.723. The minimum atomic E-state index is -3.50. The maximum Gasteiger partial charge on any atom is 0.261 e. The summed E-state index contributed by atoms with van der Waals surface area (Å²) in [6.07, 6.45) is 5.99. The third kappa shape index (κ3) is 4.88. The van der Waals surface area contributed by atoms with Gasteiger partial charge in [0.15, 0.2) is 0 Å². The molecule has 0 saturated carbocycles. The Kier molecular flexibility index (Phi) is 6.01. The minimum absolute atomic E-state index is 0.277. The van der Waals surface area contributed by atoms with Crippen LogP contribution in [0.2, 0.25) is 0 Å². The van der Waals surface area contributed by atoms with Crippen LogP contribution >= 0.6 is 0 Å². The molecule has 2 aromatic rings. The molecule has 4 heteroatoms. The van der Waals surface area contributed by atoms with E-state index < -0.39 is 10.0 Å². The molecule has 0 radical (unpaired) electrons. The van der Waals surface area contributed by atoms with E-state index in [1.54, 1.807) is 30.3 Å². The zero-order chi connectivity index (χ0) is 15.8. The summed E-state index contributed by atoms with van der Waals surface area (Å²) in [6.45, 7) is 2.20. The van der Waals surface area contributed by atoms with Crippen LogP contribution in [0, 0.1) is 0 Å². The smallest absolute Gasteiger partial charge is 0.261 e. The Morgan fingerprint density at radius 1 is 0.864 bits per heavy atom. The average molecular weight is 317 g/mol. The molecule has 0 heterocycles. The van der Waals surface area contributed by atoms with E-state index in [1.165, 1.54) is 31.2 Å². The molecule has 0 fully saturated rings. The molecule has 0 atom stereocenters. The number of hydrogen-bond acceptors (Lipinski definition) is 2. The highest BCUT2D eigenvalue weighted by molar-refractivity contribution is 7.92. The Labute approximate surface area is 133 Å². The van der Waals surface area contributed by atoms with Gasteiger partial charge >= 0.3 is 0 Å². The Hall–Kier alpha value is -1.81. The highest BCUT2D eigenvalue weighted by atomic mass is 32.2. The molecule has 0 unspecified atom stereocenters. The van der Waals surface area contributed by atoms with Crippen molar-refractivity contribution >= 4 is 15.7 Å². The predicted octanol–water partition coefficient (Wildman–Crippen LogP) is 4.61. The van der Waals surface area contributed by atoms with E-state index in [-0.39, 0.29) is 4.90 Å². The molecule has 2 rings (SSSR count). The molecule has 2 aromatic carbocycles. The van der Waals surface area contributed by atoms with Crippen LogP contribution in [-0.4, -0.2) is 8.42 Å². The van der Waals surface area contributed by atoms with Gasteiger partial charge in [-0.1, -0.05) is 56.5 Å². The van der Waals surface area contributed by atoms with Crippen LogP contribution in [0.4, 0.5) is 5.69 Å². The molecule has 3 nitrogen and oxygen atoms in total. The summed E-state index contributed by atoms with van der Waals surface area (Å²) >= 11 is 0. The summed E-state index contributed by atoms with van der Waals surface area (Å²) in [7, 11) is -3.50. The van der Waals surface area contributed by atoms with Crippen LogP contribution in [0.25, 0.3) is 0 Å². The van der Waals surface area contributed by atoms with Gasteiger partial charge in [-0.3, -0.25) is 4.72 Å². The lowest BCUT2D eigenvalue weighted by atomic mass is 10.1. The second-order valence-electron chi connectivity index (χ2n) is 5.43. The van der Waals surface area contributed by atoms with Crippen LogP contribution in [0.15, 0.2) is 59.5 Å². The molecule has 0 aromatic heterocycles. The van der Waals surface area contributed by atoms with E-state index in [1.807, 2.05) is 24.3 Å². The topological polar surface area (TPSA) is 46.2 Å². The van der Waals surface area contributed by atoms with Gasteiger partial charge in [0.05, 0.1) is 4.90 Å². The standard InChI is InChI=1S/C18H23NO2S/c1-2-3-4-6-9-16-12-14-17(15-13-16)19-22(20,21)18-10-7-5-8-11-18/h5,7-8,10-15,19H,2-4,6,9H2,1H3. The minimum Gasteiger partial charge on any atom is -0.280 e. The van der Waals surface area contributed by atoms with Gasteiger partial charge in [-0.2, -0.15) is 0 Å². The molecular weight excluding hydrogens is 294 g/mol.